The van der Waals surface area contributed by atoms with E-state index in [1.165, 1.54) is 16.5 Å². The van der Waals surface area contributed by atoms with Crippen molar-refractivity contribution in [2.24, 2.45) is 0 Å². The summed E-state index contributed by atoms with van der Waals surface area (Å²) in [6.07, 6.45) is 0.419. The third kappa shape index (κ3) is 5.96. The second kappa shape index (κ2) is 10.3. The van der Waals surface area contributed by atoms with E-state index in [-0.39, 0.29) is 25.1 Å². The number of halogens is 1. The van der Waals surface area contributed by atoms with Crippen molar-refractivity contribution < 1.29 is 9.84 Å². The molecule has 0 radical (unpaired) electrons. The lowest BCUT2D eigenvalue weighted by molar-refractivity contribution is 0.103. The Kier molecular flexibility index (Phi) is 8.11. The van der Waals surface area contributed by atoms with Crippen LogP contribution in [0.2, 0.25) is 0 Å². The number of fused-ring (bicyclic) bond motifs is 1. The topological polar surface area (TPSA) is 41.5 Å². The van der Waals surface area contributed by atoms with Gasteiger partial charge in [0.1, 0.15) is 18.5 Å². The van der Waals surface area contributed by atoms with E-state index in [2.05, 4.69) is 55.6 Å². The highest BCUT2D eigenvalue weighted by Crippen LogP contribution is 2.21. The van der Waals surface area contributed by atoms with Crippen LogP contribution in [0.5, 0.6) is 5.75 Å². The van der Waals surface area contributed by atoms with Gasteiger partial charge in [0.15, 0.2) is 0 Å². The average Bonchev–Trinajstić information content (AvgIpc) is 2.68. The number of hydrogen-bond donors (Lipinski definition) is 2. The van der Waals surface area contributed by atoms with Crippen molar-refractivity contribution in [2.45, 2.75) is 32.4 Å². The van der Waals surface area contributed by atoms with Crippen LogP contribution in [0.3, 0.4) is 0 Å². The summed E-state index contributed by atoms with van der Waals surface area (Å²) in [4.78, 5) is 0. The molecular formula is C23H28ClNO2. The summed E-state index contributed by atoms with van der Waals surface area (Å²) in [5, 5.41) is 16.0. The molecule has 0 aliphatic rings. The van der Waals surface area contributed by atoms with Crippen LogP contribution < -0.4 is 10.1 Å². The summed E-state index contributed by atoms with van der Waals surface area (Å²) in [6, 6.07) is 23.0. The van der Waals surface area contributed by atoms with E-state index in [0.717, 1.165) is 17.6 Å². The third-order valence-electron chi connectivity index (χ3n) is 4.65. The average molecular weight is 386 g/mol. The van der Waals surface area contributed by atoms with Crippen LogP contribution in [0.25, 0.3) is 10.8 Å². The predicted molar refractivity (Wildman–Crippen MR) is 115 cm³/mol. The summed E-state index contributed by atoms with van der Waals surface area (Å²) >= 11 is 0. The monoisotopic (exact) mass is 385 g/mol. The van der Waals surface area contributed by atoms with E-state index >= 15 is 0 Å². The molecule has 2 unspecified atom stereocenters. The van der Waals surface area contributed by atoms with E-state index in [1.54, 1.807) is 0 Å². The van der Waals surface area contributed by atoms with E-state index in [9.17, 15) is 5.11 Å². The molecule has 0 aliphatic heterocycles. The fourth-order valence-electron chi connectivity index (χ4n) is 3.08. The Labute approximate surface area is 167 Å². The molecule has 2 N–H and O–H groups in total. The molecule has 0 saturated heterocycles. The van der Waals surface area contributed by atoms with E-state index < -0.39 is 6.10 Å². The number of nitrogens with one attached hydrogen (secondary N) is 1. The minimum atomic E-state index is -0.555. The summed E-state index contributed by atoms with van der Waals surface area (Å²) in [5.41, 5.74) is 2.51. The van der Waals surface area contributed by atoms with Crippen molar-refractivity contribution in [2.75, 3.05) is 13.2 Å². The predicted octanol–water partition coefficient (Wildman–Crippen LogP) is 5.05. The number of aryl methyl sites for hydroxylation is 1. The lowest BCUT2D eigenvalue weighted by Gasteiger charge is -2.20. The fourth-order valence-corrected chi connectivity index (χ4v) is 3.08. The van der Waals surface area contributed by atoms with Crippen LogP contribution in [0.4, 0.5) is 0 Å². The smallest absolute Gasteiger partial charge is 0.120 e. The molecule has 4 heteroatoms. The Hall–Kier alpha value is -2.07. The summed E-state index contributed by atoms with van der Waals surface area (Å²) < 4.78 is 5.77. The Morgan fingerprint density at radius 1 is 0.963 bits per heavy atom. The van der Waals surface area contributed by atoms with Gasteiger partial charge in [-0.15, -0.1) is 12.4 Å². The molecule has 0 fully saturated rings. The SMILES string of the molecule is CCC(NCC(O)COc1ccc2ccccc2c1)c1ccc(C)cc1.Cl. The maximum absolute atomic E-state index is 10.3. The van der Waals surface area contributed by atoms with Crippen molar-refractivity contribution in [1.82, 2.24) is 5.32 Å². The quantitative estimate of drug-likeness (QED) is 0.570. The van der Waals surface area contributed by atoms with Crippen molar-refractivity contribution in [3.05, 3.63) is 77.9 Å². The van der Waals surface area contributed by atoms with Crippen molar-refractivity contribution >= 4 is 23.2 Å². The highest BCUT2D eigenvalue weighted by Gasteiger charge is 2.12. The Balaban J connectivity index is 0.00000261. The molecule has 0 aromatic heterocycles. The fraction of sp³-hybridized carbons (Fsp3) is 0.304. The highest BCUT2D eigenvalue weighted by atomic mass is 35.5. The molecule has 3 aromatic rings. The van der Waals surface area contributed by atoms with Gasteiger partial charge in [-0.05, 0) is 41.8 Å². The zero-order valence-corrected chi connectivity index (χ0v) is 16.7. The number of aliphatic hydroxyl groups excluding tert-OH is 1. The first-order valence-corrected chi connectivity index (χ1v) is 9.25. The first-order chi connectivity index (χ1) is 12.7. The third-order valence-corrected chi connectivity index (χ3v) is 4.65. The molecule has 0 heterocycles. The minimum Gasteiger partial charge on any atom is -0.491 e. The molecule has 27 heavy (non-hydrogen) atoms. The van der Waals surface area contributed by atoms with E-state index in [4.69, 9.17) is 4.74 Å². The number of rotatable bonds is 8. The van der Waals surface area contributed by atoms with Crippen LogP contribution in [0.1, 0.15) is 30.5 Å². The Bertz CT molecular complexity index is 835. The van der Waals surface area contributed by atoms with Gasteiger partial charge in [0, 0.05) is 12.6 Å². The van der Waals surface area contributed by atoms with Gasteiger partial charge in [-0.25, -0.2) is 0 Å². The largest absolute Gasteiger partial charge is 0.491 e. The molecule has 144 valence electrons. The van der Waals surface area contributed by atoms with Crippen molar-refractivity contribution in [3.63, 3.8) is 0 Å². The number of benzene rings is 3. The van der Waals surface area contributed by atoms with Crippen LogP contribution >= 0.6 is 12.4 Å². The molecule has 3 rings (SSSR count). The summed E-state index contributed by atoms with van der Waals surface area (Å²) in [7, 11) is 0. The van der Waals surface area contributed by atoms with Crippen molar-refractivity contribution in [1.29, 1.82) is 0 Å². The lowest BCUT2D eigenvalue weighted by atomic mass is 10.0. The molecule has 0 spiro atoms. The molecule has 0 amide bonds. The molecule has 3 nitrogen and oxygen atoms in total. The number of hydrogen-bond acceptors (Lipinski definition) is 3. The minimum absolute atomic E-state index is 0. The van der Waals surface area contributed by atoms with Gasteiger partial charge >= 0.3 is 0 Å². The van der Waals surface area contributed by atoms with Gasteiger partial charge in [0.2, 0.25) is 0 Å². The lowest BCUT2D eigenvalue weighted by Crippen LogP contribution is -2.33. The van der Waals surface area contributed by atoms with Crippen LogP contribution in [-0.2, 0) is 0 Å². The second-order valence-electron chi connectivity index (χ2n) is 6.75. The van der Waals surface area contributed by atoms with E-state index in [1.807, 2.05) is 30.3 Å². The molecule has 3 aromatic carbocycles. The molecule has 2 atom stereocenters. The normalized spacial score (nSPS) is 13.0. The van der Waals surface area contributed by atoms with Crippen molar-refractivity contribution in [3.8, 4) is 5.75 Å². The molecular weight excluding hydrogens is 358 g/mol. The van der Waals surface area contributed by atoms with Gasteiger partial charge in [0.25, 0.3) is 0 Å². The standard InChI is InChI=1S/C23H27NO2.ClH/c1-3-23(19-10-8-17(2)9-11-19)24-15-21(25)16-26-22-13-12-18-6-4-5-7-20(18)14-22;/h4-14,21,23-25H,3,15-16H2,1-2H3;1H. The van der Waals surface area contributed by atoms with Gasteiger partial charge < -0.3 is 15.2 Å². The summed E-state index contributed by atoms with van der Waals surface area (Å²) in [6.45, 7) is 5.01. The maximum Gasteiger partial charge on any atom is 0.120 e. The Morgan fingerprint density at radius 3 is 2.37 bits per heavy atom. The highest BCUT2D eigenvalue weighted by molar-refractivity contribution is 5.85. The van der Waals surface area contributed by atoms with Gasteiger partial charge in [-0.1, -0.05) is 67.1 Å². The first-order valence-electron chi connectivity index (χ1n) is 9.25. The first kappa shape index (κ1) is 21.2. The second-order valence-corrected chi connectivity index (χ2v) is 6.75. The van der Waals surface area contributed by atoms with Gasteiger partial charge in [0.05, 0.1) is 0 Å². The molecule has 0 bridgehead atoms. The zero-order valence-electron chi connectivity index (χ0n) is 15.9. The van der Waals surface area contributed by atoms with Crippen LogP contribution in [-0.4, -0.2) is 24.4 Å². The van der Waals surface area contributed by atoms with Crippen LogP contribution in [0.15, 0.2) is 66.7 Å². The zero-order chi connectivity index (χ0) is 18.4. The van der Waals surface area contributed by atoms with Crippen LogP contribution in [0, 0.1) is 6.92 Å². The molecule has 0 aliphatic carbocycles. The summed E-state index contributed by atoms with van der Waals surface area (Å²) in [5.74, 6) is 0.785. The maximum atomic E-state index is 10.3. The number of aliphatic hydroxyl groups is 1. The Morgan fingerprint density at radius 2 is 1.67 bits per heavy atom. The van der Waals surface area contributed by atoms with Gasteiger partial charge in [-0.3, -0.25) is 0 Å². The van der Waals surface area contributed by atoms with E-state index in [0.29, 0.717) is 6.54 Å². The molecule has 0 saturated carbocycles. The van der Waals surface area contributed by atoms with Gasteiger partial charge in [-0.2, -0.15) is 0 Å². The number of ether oxygens (including phenoxy) is 1.